The highest BCUT2D eigenvalue weighted by Crippen LogP contribution is 2.24. The number of hydrogen-bond donors (Lipinski definition) is 2. The highest BCUT2D eigenvalue weighted by molar-refractivity contribution is 5.74. The largest absolute Gasteiger partial charge is 0.497 e. The van der Waals surface area contributed by atoms with Gasteiger partial charge in [-0.2, -0.15) is 0 Å². The zero-order valence-corrected chi connectivity index (χ0v) is 11.5. The molecule has 1 heterocycles. The molecular weight excluding hydrogens is 242 g/mol. The first-order chi connectivity index (χ1) is 9.22. The smallest absolute Gasteiger partial charge is 0.315 e. The minimum absolute atomic E-state index is 0.0833. The van der Waals surface area contributed by atoms with Gasteiger partial charge in [-0.25, -0.2) is 4.79 Å². The molecule has 1 aromatic rings. The predicted octanol–water partition coefficient (Wildman–Crippen LogP) is 1.59. The number of rotatable bonds is 4. The molecule has 2 amide bonds. The lowest BCUT2D eigenvalue weighted by Crippen LogP contribution is -2.43. The number of amides is 2. The van der Waals surface area contributed by atoms with Gasteiger partial charge in [0.05, 0.1) is 7.11 Å². The Labute approximate surface area is 113 Å². The number of anilines is 1. The molecule has 1 aromatic carbocycles. The van der Waals surface area contributed by atoms with E-state index in [4.69, 9.17) is 4.74 Å². The molecule has 0 aliphatic carbocycles. The minimum atomic E-state index is -0.0833. The van der Waals surface area contributed by atoms with Crippen molar-refractivity contribution in [3.63, 3.8) is 0 Å². The number of methoxy groups -OCH3 is 1. The van der Waals surface area contributed by atoms with Crippen molar-refractivity contribution < 1.29 is 9.53 Å². The van der Waals surface area contributed by atoms with Gasteiger partial charge in [-0.05, 0) is 25.5 Å². The second-order valence-corrected chi connectivity index (χ2v) is 4.64. The maximum atomic E-state index is 11.5. The zero-order valence-electron chi connectivity index (χ0n) is 11.5. The topological polar surface area (TPSA) is 53.6 Å². The summed E-state index contributed by atoms with van der Waals surface area (Å²) >= 11 is 0. The molecule has 0 aromatic heterocycles. The number of carbonyl (C=O) groups is 1. The van der Waals surface area contributed by atoms with E-state index in [9.17, 15) is 4.79 Å². The van der Waals surface area contributed by atoms with Gasteiger partial charge in [-0.3, -0.25) is 0 Å². The van der Waals surface area contributed by atoms with Crippen LogP contribution in [0.2, 0.25) is 0 Å². The summed E-state index contributed by atoms with van der Waals surface area (Å²) in [6.45, 7) is 4.35. The van der Waals surface area contributed by atoms with Gasteiger partial charge in [0.1, 0.15) is 5.75 Å². The third-order valence-electron chi connectivity index (χ3n) is 3.28. The van der Waals surface area contributed by atoms with Crippen LogP contribution in [-0.2, 0) is 0 Å². The molecule has 1 saturated heterocycles. The Morgan fingerprint density at radius 1 is 1.53 bits per heavy atom. The maximum absolute atomic E-state index is 11.5. The summed E-state index contributed by atoms with van der Waals surface area (Å²) in [7, 11) is 1.67. The quantitative estimate of drug-likeness (QED) is 0.867. The van der Waals surface area contributed by atoms with Crippen LogP contribution in [0.1, 0.15) is 13.3 Å². The molecule has 104 valence electrons. The average molecular weight is 263 g/mol. The van der Waals surface area contributed by atoms with Crippen molar-refractivity contribution in [2.45, 2.75) is 19.4 Å². The number of hydrogen-bond acceptors (Lipinski definition) is 3. The van der Waals surface area contributed by atoms with Crippen LogP contribution in [0.5, 0.6) is 5.75 Å². The van der Waals surface area contributed by atoms with Crippen LogP contribution in [0.3, 0.4) is 0 Å². The van der Waals surface area contributed by atoms with E-state index in [-0.39, 0.29) is 12.1 Å². The van der Waals surface area contributed by atoms with Gasteiger partial charge in [0.25, 0.3) is 0 Å². The molecule has 1 fully saturated rings. The van der Waals surface area contributed by atoms with Gasteiger partial charge >= 0.3 is 6.03 Å². The fourth-order valence-electron chi connectivity index (χ4n) is 2.32. The van der Waals surface area contributed by atoms with Crippen molar-refractivity contribution in [1.29, 1.82) is 0 Å². The summed E-state index contributed by atoms with van der Waals surface area (Å²) in [5, 5.41) is 5.74. The lowest BCUT2D eigenvalue weighted by Gasteiger charge is -2.19. The molecule has 1 atom stereocenters. The number of nitrogens with zero attached hydrogens (tertiary/aromatic N) is 1. The zero-order chi connectivity index (χ0) is 13.7. The molecule has 2 N–H and O–H groups in total. The van der Waals surface area contributed by atoms with Crippen molar-refractivity contribution in [3.8, 4) is 5.75 Å². The lowest BCUT2D eigenvalue weighted by atomic mass is 10.2. The highest BCUT2D eigenvalue weighted by atomic mass is 16.5. The van der Waals surface area contributed by atoms with Crippen LogP contribution < -0.4 is 20.3 Å². The van der Waals surface area contributed by atoms with Crippen LogP contribution in [0.15, 0.2) is 24.3 Å². The van der Waals surface area contributed by atoms with E-state index >= 15 is 0 Å². The average Bonchev–Trinajstić information content (AvgIpc) is 2.87. The number of urea groups is 1. The minimum Gasteiger partial charge on any atom is -0.497 e. The van der Waals surface area contributed by atoms with Crippen molar-refractivity contribution in [1.82, 2.24) is 10.6 Å². The van der Waals surface area contributed by atoms with Crippen LogP contribution in [0, 0.1) is 0 Å². The second kappa shape index (κ2) is 6.31. The standard InChI is InChI=1S/C14H21N3O2/c1-3-15-14(18)16-11-7-8-17(10-11)12-5-4-6-13(9-12)19-2/h4-6,9,11H,3,7-8,10H2,1-2H3,(H2,15,16,18). The molecular formula is C14H21N3O2. The van der Waals surface area contributed by atoms with Crippen LogP contribution >= 0.6 is 0 Å². The SMILES string of the molecule is CCNC(=O)NC1CCN(c2cccc(OC)c2)C1. The summed E-state index contributed by atoms with van der Waals surface area (Å²) in [5.74, 6) is 0.859. The third-order valence-corrected chi connectivity index (χ3v) is 3.28. The van der Waals surface area contributed by atoms with Gasteiger partial charge in [0, 0.05) is 37.4 Å². The first-order valence-electron chi connectivity index (χ1n) is 6.66. The summed E-state index contributed by atoms with van der Waals surface area (Å²) in [4.78, 5) is 13.7. The molecule has 19 heavy (non-hydrogen) atoms. The van der Waals surface area contributed by atoms with Crippen molar-refractivity contribution in [2.24, 2.45) is 0 Å². The van der Waals surface area contributed by atoms with E-state index in [1.807, 2.05) is 25.1 Å². The van der Waals surface area contributed by atoms with Crippen molar-refractivity contribution in [3.05, 3.63) is 24.3 Å². The lowest BCUT2D eigenvalue weighted by molar-refractivity contribution is 0.238. The van der Waals surface area contributed by atoms with Crippen LogP contribution in [-0.4, -0.2) is 38.8 Å². The normalized spacial score (nSPS) is 18.2. The van der Waals surface area contributed by atoms with E-state index in [1.54, 1.807) is 7.11 Å². The second-order valence-electron chi connectivity index (χ2n) is 4.64. The fraction of sp³-hybridized carbons (Fsp3) is 0.500. The molecule has 0 spiro atoms. The van der Waals surface area contributed by atoms with Crippen LogP contribution in [0.25, 0.3) is 0 Å². The number of nitrogens with one attached hydrogen (secondary N) is 2. The Hall–Kier alpha value is -1.91. The molecule has 5 nitrogen and oxygen atoms in total. The predicted molar refractivity (Wildman–Crippen MR) is 75.8 cm³/mol. The number of ether oxygens (including phenoxy) is 1. The van der Waals surface area contributed by atoms with Gasteiger partial charge in [-0.1, -0.05) is 6.07 Å². The number of benzene rings is 1. The Bertz CT molecular complexity index is 436. The summed E-state index contributed by atoms with van der Waals surface area (Å²) in [6.07, 6.45) is 0.967. The Morgan fingerprint density at radius 3 is 3.11 bits per heavy atom. The molecule has 1 aliphatic heterocycles. The molecule has 5 heteroatoms. The molecule has 1 aliphatic rings. The van der Waals surface area contributed by atoms with Crippen molar-refractivity contribution in [2.75, 3.05) is 31.6 Å². The third kappa shape index (κ3) is 3.53. The molecule has 0 radical (unpaired) electrons. The Kier molecular flexibility index (Phi) is 4.49. The van der Waals surface area contributed by atoms with E-state index in [1.165, 1.54) is 0 Å². The molecule has 2 rings (SSSR count). The van der Waals surface area contributed by atoms with E-state index in [0.717, 1.165) is 30.9 Å². The van der Waals surface area contributed by atoms with E-state index < -0.39 is 0 Å². The van der Waals surface area contributed by atoms with Gasteiger partial charge in [-0.15, -0.1) is 0 Å². The molecule has 1 unspecified atom stereocenters. The van der Waals surface area contributed by atoms with Gasteiger partial charge in [0.15, 0.2) is 0 Å². The van der Waals surface area contributed by atoms with Gasteiger partial charge in [0.2, 0.25) is 0 Å². The Balaban J connectivity index is 1.92. The van der Waals surface area contributed by atoms with Crippen LogP contribution in [0.4, 0.5) is 10.5 Å². The van der Waals surface area contributed by atoms with Crippen molar-refractivity contribution >= 4 is 11.7 Å². The summed E-state index contributed by atoms with van der Waals surface area (Å²) < 4.78 is 5.23. The van der Waals surface area contributed by atoms with E-state index in [0.29, 0.717) is 6.54 Å². The summed E-state index contributed by atoms with van der Waals surface area (Å²) in [5.41, 5.74) is 1.14. The maximum Gasteiger partial charge on any atom is 0.315 e. The Morgan fingerprint density at radius 2 is 2.37 bits per heavy atom. The monoisotopic (exact) mass is 263 g/mol. The van der Waals surface area contributed by atoms with E-state index in [2.05, 4.69) is 21.6 Å². The first kappa shape index (κ1) is 13.5. The fourth-order valence-corrected chi connectivity index (χ4v) is 2.32. The van der Waals surface area contributed by atoms with Gasteiger partial charge < -0.3 is 20.3 Å². The number of carbonyl (C=O) groups excluding carboxylic acids is 1. The summed E-state index contributed by atoms with van der Waals surface area (Å²) in [6, 6.07) is 8.13. The first-order valence-corrected chi connectivity index (χ1v) is 6.66. The molecule has 0 saturated carbocycles. The highest BCUT2D eigenvalue weighted by Gasteiger charge is 2.24. The molecule has 0 bridgehead atoms.